The highest BCUT2D eigenvalue weighted by molar-refractivity contribution is 6.40. The van der Waals surface area contributed by atoms with Crippen molar-refractivity contribution in [3.05, 3.63) is 84.4 Å². The maximum Gasteiger partial charge on any atom is 0.353 e. The molecule has 3 aromatic carbocycles. The molecule has 0 saturated heterocycles. The first-order valence-electron chi connectivity index (χ1n) is 9.82. The van der Waals surface area contributed by atoms with Gasteiger partial charge < -0.3 is 19.7 Å². The largest absolute Gasteiger partial charge is 0.497 e. The number of azo groups is 1. The highest BCUT2D eigenvalue weighted by atomic mass is 16.5. The van der Waals surface area contributed by atoms with E-state index in [0.717, 1.165) is 11.1 Å². The molecule has 160 valence electrons. The summed E-state index contributed by atoms with van der Waals surface area (Å²) < 4.78 is 6.74. The number of aromatic hydroxyl groups is 1. The molecule has 8 nitrogen and oxygen atoms in total. The lowest BCUT2D eigenvalue weighted by Gasteiger charge is -2.06. The molecule has 0 unspecified atom stereocenters. The number of nitrogens with zero attached hydrogens (tertiary/aromatic N) is 3. The highest BCUT2D eigenvalue weighted by Crippen LogP contribution is 2.39. The van der Waals surface area contributed by atoms with E-state index < -0.39 is 11.8 Å². The van der Waals surface area contributed by atoms with Gasteiger partial charge in [-0.15, -0.1) is 10.2 Å². The van der Waals surface area contributed by atoms with Crippen LogP contribution in [0.2, 0.25) is 0 Å². The van der Waals surface area contributed by atoms with Crippen LogP contribution in [0.1, 0.15) is 5.56 Å². The van der Waals surface area contributed by atoms with E-state index in [2.05, 4.69) is 15.5 Å². The van der Waals surface area contributed by atoms with Crippen LogP contribution in [0.15, 0.2) is 89.1 Å². The van der Waals surface area contributed by atoms with E-state index in [4.69, 9.17) is 4.74 Å². The second-order valence-corrected chi connectivity index (χ2v) is 6.95. The quantitative estimate of drug-likeness (QED) is 0.356. The van der Waals surface area contributed by atoms with E-state index in [-0.39, 0.29) is 11.6 Å². The van der Waals surface area contributed by atoms with Gasteiger partial charge in [-0.2, -0.15) is 0 Å². The zero-order chi connectivity index (χ0) is 22.5. The van der Waals surface area contributed by atoms with Crippen LogP contribution in [0.25, 0.3) is 10.9 Å². The predicted octanol–water partition coefficient (Wildman–Crippen LogP) is 4.65. The van der Waals surface area contributed by atoms with Crippen molar-refractivity contribution in [3.8, 4) is 11.6 Å². The van der Waals surface area contributed by atoms with Crippen LogP contribution in [0, 0.1) is 0 Å². The molecule has 1 aromatic heterocycles. The van der Waals surface area contributed by atoms with Gasteiger partial charge in [-0.1, -0.05) is 48.5 Å². The molecule has 0 fully saturated rings. The third kappa shape index (κ3) is 4.34. The fourth-order valence-electron chi connectivity index (χ4n) is 3.30. The number of amides is 2. The number of aromatic nitrogens is 1. The van der Waals surface area contributed by atoms with Crippen LogP contribution < -0.4 is 10.1 Å². The Balaban J connectivity index is 1.57. The molecule has 0 bridgehead atoms. The molecule has 0 aliphatic carbocycles. The van der Waals surface area contributed by atoms with Crippen molar-refractivity contribution in [2.24, 2.45) is 10.2 Å². The Labute approximate surface area is 183 Å². The van der Waals surface area contributed by atoms with Gasteiger partial charge in [0.15, 0.2) is 5.69 Å². The Morgan fingerprint density at radius 2 is 1.66 bits per heavy atom. The van der Waals surface area contributed by atoms with E-state index in [1.807, 2.05) is 42.5 Å². The minimum atomic E-state index is -1.08. The van der Waals surface area contributed by atoms with Crippen molar-refractivity contribution < 1.29 is 19.4 Å². The third-order valence-corrected chi connectivity index (χ3v) is 4.88. The van der Waals surface area contributed by atoms with E-state index in [9.17, 15) is 14.7 Å². The second-order valence-electron chi connectivity index (χ2n) is 6.95. The Bertz CT molecular complexity index is 1300. The number of nitrogens with one attached hydrogen (secondary N) is 1. The zero-order valence-electron chi connectivity index (χ0n) is 17.2. The summed E-state index contributed by atoms with van der Waals surface area (Å²) in [5.41, 5.74) is 2.27. The van der Waals surface area contributed by atoms with Crippen molar-refractivity contribution in [2.75, 3.05) is 12.4 Å². The molecule has 0 spiro atoms. The fourth-order valence-corrected chi connectivity index (χ4v) is 3.30. The van der Waals surface area contributed by atoms with Gasteiger partial charge in [-0.25, -0.2) is 0 Å². The number of fused-ring (bicyclic) bond motifs is 1. The Hall–Kier alpha value is -4.46. The Morgan fingerprint density at radius 3 is 2.38 bits per heavy atom. The third-order valence-electron chi connectivity index (χ3n) is 4.88. The zero-order valence-corrected chi connectivity index (χ0v) is 17.2. The monoisotopic (exact) mass is 428 g/mol. The molecule has 2 N–H and O–H groups in total. The van der Waals surface area contributed by atoms with Crippen molar-refractivity contribution in [1.29, 1.82) is 0 Å². The molecule has 2 amide bonds. The molecule has 32 heavy (non-hydrogen) atoms. The summed E-state index contributed by atoms with van der Waals surface area (Å²) >= 11 is 0. The lowest BCUT2D eigenvalue weighted by molar-refractivity contribution is -0.134. The maximum absolute atomic E-state index is 12.2. The summed E-state index contributed by atoms with van der Waals surface area (Å²) in [6, 6.07) is 23.4. The SMILES string of the molecule is COc1ccc(NC(=O)C(=O)N=Nc2c(O)n(Cc3ccccc3)c3ccccc23)cc1. The van der Waals surface area contributed by atoms with Gasteiger partial charge in [0.1, 0.15) is 5.75 Å². The van der Waals surface area contributed by atoms with Gasteiger partial charge in [-0.3, -0.25) is 9.59 Å². The van der Waals surface area contributed by atoms with Crippen LogP contribution in [-0.4, -0.2) is 28.6 Å². The number of carbonyl (C=O) groups excluding carboxylic acids is 2. The summed E-state index contributed by atoms with van der Waals surface area (Å²) in [5.74, 6) is -1.54. The van der Waals surface area contributed by atoms with Crippen LogP contribution in [0.3, 0.4) is 0 Å². The smallest absolute Gasteiger partial charge is 0.353 e. The molecule has 1 heterocycles. The summed E-state index contributed by atoms with van der Waals surface area (Å²) in [6.07, 6.45) is 0. The molecule has 4 rings (SSSR count). The number of benzene rings is 3. The van der Waals surface area contributed by atoms with Gasteiger partial charge in [-0.05, 0) is 35.9 Å². The Morgan fingerprint density at radius 1 is 0.969 bits per heavy atom. The Kier molecular flexibility index (Phi) is 5.94. The van der Waals surface area contributed by atoms with Gasteiger partial charge >= 0.3 is 11.8 Å². The number of hydrogen-bond acceptors (Lipinski definition) is 5. The maximum atomic E-state index is 12.2. The second kappa shape index (κ2) is 9.13. The molecular weight excluding hydrogens is 408 g/mol. The van der Waals surface area contributed by atoms with Crippen molar-refractivity contribution in [1.82, 2.24) is 4.57 Å². The highest BCUT2D eigenvalue weighted by Gasteiger charge is 2.18. The number of hydrogen-bond donors (Lipinski definition) is 2. The molecule has 0 saturated carbocycles. The molecule has 0 radical (unpaired) electrons. The van der Waals surface area contributed by atoms with Crippen molar-refractivity contribution in [3.63, 3.8) is 0 Å². The lowest BCUT2D eigenvalue weighted by atomic mass is 10.2. The molecular formula is C24H20N4O4. The van der Waals surface area contributed by atoms with Gasteiger partial charge in [0.05, 0.1) is 19.2 Å². The minimum Gasteiger partial charge on any atom is -0.497 e. The van der Waals surface area contributed by atoms with Gasteiger partial charge in [0.2, 0.25) is 5.88 Å². The summed E-state index contributed by atoms with van der Waals surface area (Å²) in [4.78, 5) is 24.4. The lowest BCUT2D eigenvalue weighted by Crippen LogP contribution is -2.20. The van der Waals surface area contributed by atoms with Gasteiger partial charge in [0, 0.05) is 11.1 Å². The molecule has 0 atom stereocenters. The van der Waals surface area contributed by atoms with Crippen molar-refractivity contribution in [2.45, 2.75) is 6.54 Å². The van der Waals surface area contributed by atoms with E-state index in [1.54, 1.807) is 41.0 Å². The summed E-state index contributed by atoms with van der Waals surface area (Å²) in [6.45, 7) is 0.411. The first-order chi connectivity index (χ1) is 15.6. The number of ether oxygens (including phenoxy) is 1. The average molecular weight is 428 g/mol. The van der Waals surface area contributed by atoms with E-state index in [1.165, 1.54) is 7.11 Å². The number of rotatable bonds is 5. The van der Waals surface area contributed by atoms with E-state index in [0.29, 0.717) is 23.4 Å². The van der Waals surface area contributed by atoms with Crippen LogP contribution in [0.4, 0.5) is 11.4 Å². The van der Waals surface area contributed by atoms with Crippen molar-refractivity contribution >= 4 is 34.1 Å². The first kappa shape index (κ1) is 20.8. The average Bonchev–Trinajstić information content (AvgIpc) is 3.09. The molecule has 0 aliphatic heterocycles. The van der Waals surface area contributed by atoms with Gasteiger partial charge in [0.25, 0.3) is 0 Å². The topological polar surface area (TPSA) is 105 Å². The standard InChI is InChI=1S/C24H20N4O4/c1-32-18-13-11-17(12-14-18)25-22(29)23(30)27-26-21-19-9-5-6-10-20(19)28(24(21)31)15-16-7-3-2-4-8-16/h2-14,31H,15H2,1H3,(H,25,29). The number of para-hydroxylation sites is 1. The number of carbonyl (C=O) groups is 2. The van der Waals surface area contributed by atoms with Crippen LogP contribution >= 0.6 is 0 Å². The summed E-state index contributed by atoms with van der Waals surface area (Å²) in [7, 11) is 1.53. The molecule has 4 aromatic rings. The molecule has 0 aliphatic rings. The van der Waals surface area contributed by atoms with Crippen LogP contribution in [0.5, 0.6) is 11.6 Å². The fraction of sp³-hybridized carbons (Fsp3) is 0.0833. The molecule has 8 heteroatoms. The number of anilines is 1. The van der Waals surface area contributed by atoms with Crippen LogP contribution in [-0.2, 0) is 16.1 Å². The summed E-state index contributed by atoms with van der Waals surface area (Å²) in [5, 5.41) is 21.3. The first-order valence-corrected chi connectivity index (χ1v) is 9.82. The minimum absolute atomic E-state index is 0.127. The normalized spacial score (nSPS) is 11.0. The van der Waals surface area contributed by atoms with E-state index >= 15 is 0 Å². The predicted molar refractivity (Wildman–Crippen MR) is 120 cm³/mol. The number of methoxy groups -OCH3 is 1.